The summed E-state index contributed by atoms with van der Waals surface area (Å²) in [7, 11) is 0. The number of ether oxygens (including phenoxy) is 2. The summed E-state index contributed by atoms with van der Waals surface area (Å²) < 4.78 is 12.0. The smallest absolute Gasteiger partial charge is 0.407 e. The van der Waals surface area contributed by atoms with Crippen molar-refractivity contribution in [2.24, 2.45) is 5.73 Å². The fourth-order valence-corrected chi connectivity index (χ4v) is 4.55. The fraction of sp³-hybridized carbons (Fsp3) is 0.393. The molecule has 1 aromatic rings. The largest absolute Gasteiger partial charge is 0.442 e. The van der Waals surface area contributed by atoms with Crippen LogP contribution >= 0.6 is 28.1 Å². The van der Waals surface area contributed by atoms with E-state index < -0.39 is 48.3 Å². The number of halogens is 1. The zero-order chi connectivity index (χ0) is 31.4. The van der Waals surface area contributed by atoms with E-state index in [9.17, 15) is 19.2 Å². The van der Waals surface area contributed by atoms with Crippen LogP contribution in [-0.4, -0.2) is 66.5 Å². The van der Waals surface area contributed by atoms with E-state index in [1.165, 1.54) is 25.2 Å². The normalized spacial score (nSPS) is 18.4. The number of carbonyl (C=O) groups is 4. The number of benzene rings is 1. The number of primary amides is 1. The van der Waals surface area contributed by atoms with Crippen LogP contribution in [0.5, 0.6) is 0 Å². The van der Waals surface area contributed by atoms with Gasteiger partial charge in [0.15, 0.2) is 11.2 Å². The number of alkyl carbamates (subject to hydrolysis) is 2. The maximum Gasteiger partial charge on any atom is 0.407 e. The fourth-order valence-electron chi connectivity index (χ4n) is 3.81. The second kappa shape index (κ2) is 16.5. The van der Waals surface area contributed by atoms with E-state index in [1.54, 1.807) is 0 Å². The van der Waals surface area contributed by atoms with Crippen molar-refractivity contribution in [1.29, 1.82) is 0 Å². The highest BCUT2D eigenvalue weighted by Crippen LogP contribution is 2.28. The molecule has 0 aromatic heterocycles. The molecule has 228 valence electrons. The first-order valence-corrected chi connectivity index (χ1v) is 14.3. The molecule has 4 atom stereocenters. The number of rotatable bonds is 12. The lowest BCUT2D eigenvalue weighted by Gasteiger charge is -2.36. The monoisotopic (exact) mass is 664 g/mol. The summed E-state index contributed by atoms with van der Waals surface area (Å²) in [5.41, 5.74) is 7.25. The Kier molecular flexibility index (Phi) is 13.5. The first-order valence-electron chi connectivity index (χ1n) is 13.1. The molecular formula is C28H37BrN6O6S. The predicted molar refractivity (Wildman–Crippen MR) is 168 cm³/mol. The predicted octanol–water partition coefficient (Wildman–Crippen LogP) is 3.11. The van der Waals surface area contributed by atoms with Crippen molar-refractivity contribution in [3.63, 3.8) is 0 Å². The Morgan fingerprint density at radius 3 is 2.26 bits per heavy atom. The van der Waals surface area contributed by atoms with E-state index in [1.807, 2.05) is 18.2 Å². The first-order chi connectivity index (χ1) is 19.9. The zero-order valence-electron chi connectivity index (χ0n) is 23.7. The van der Waals surface area contributed by atoms with Crippen molar-refractivity contribution < 1.29 is 28.7 Å². The van der Waals surface area contributed by atoms with Gasteiger partial charge in [0.25, 0.3) is 0 Å². The molecule has 0 radical (unpaired) electrons. The van der Waals surface area contributed by atoms with Gasteiger partial charge in [-0.15, -0.1) is 13.2 Å². The van der Waals surface area contributed by atoms with Crippen LogP contribution in [0, 0.1) is 0 Å². The quantitative estimate of drug-likeness (QED) is 0.145. The van der Waals surface area contributed by atoms with E-state index in [4.69, 9.17) is 27.4 Å². The lowest BCUT2D eigenvalue weighted by Crippen LogP contribution is -2.56. The second-order valence-electron chi connectivity index (χ2n) is 9.66. The number of carbonyl (C=O) groups excluding carboxylic acids is 4. The molecule has 42 heavy (non-hydrogen) atoms. The van der Waals surface area contributed by atoms with Gasteiger partial charge in [-0.25, -0.2) is 9.59 Å². The molecule has 0 saturated carbocycles. The number of thiocarbonyl (C=S) groups is 1. The van der Waals surface area contributed by atoms with E-state index in [2.05, 4.69) is 69.5 Å². The SMILES string of the molecule is C=CCNC(=O)OC1CC(C(=O)NC(C)C(N)=O)=CC(NC(=S)Nc2ccc(C(C)C)cc2Br)C1OC(=O)NCC=C. The summed E-state index contributed by atoms with van der Waals surface area (Å²) in [5, 5.41) is 13.8. The third-order valence-corrected chi connectivity index (χ3v) is 6.95. The van der Waals surface area contributed by atoms with Crippen molar-refractivity contribution in [2.75, 3.05) is 18.4 Å². The Hall–Kier alpha value is -3.91. The highest BCUT2D eigenvalue weighted by molar-refractivity contribution is 9.10. The van der Waals surface area contributed by atoms with Gasteiger partial charge in [-0.3, -0.25) is 9.59 Å². The molecule has 1 aromatic carbocycles. The van der Waals surface area contributed by atoms with E-state index in [0.717, 1.165) is 10.0 Å². The van der Waals surface area contributed by atoms with Gasteiger partial charge in [0.05, 0.1) is 11.7 Å². The third-order valence-electron chi connectivity index (χ3n) is 6.08. The number of hydrogen-bond acceptors (Lipinski definition) is 7. The van der Waals surface area contributed by atoms with Crippen molar-refractivity contribution in [3.8, 4) is 0 Å². The molecular weight excluding hydrogens is 628 g/mol. The summed E-state index contributed by atoms with van der Waals surface area (Å²) in [6.45, 7) is 13.0. The molecule has 1 aliphatic rings. The van der Waals surface area contributed by atoms with Crippen LogP contribution in [-0.2, 0) is 19.1 Å². The number of hydrogen-bond donors (Lipinski definition) is 6. The molecule has 0 saturated heterocycles. The summed E-state index contributed by atoms with van der Waals surface area (Å²) in [5.74, 6) is -1.03. The van der Waals surface area contributed by atoms with Crippen molar-refractivity contribution in [2.45, 2.75) is 57.4 Å². The Bertz CT molecular complexity index is 1240. The maximum absolute atomic E-state index is 13.1. The number of nitrogens with one attached hydrogen (secondary N) is 5. The van der Waals surface area contributed by atoms with E-state index in [0.29, 0.717) is 11.6 Å². The minimum atomic E-state index is -1.13. The van der Waals surface area contributed by atoms with Gasteiger partial charge in [-0.05, 0) is 64.8 Å². The van der Waals surface area contributed by atoms with Crippen LogP contribution < -0.4 is 32.3 Å². The topological polar surface area (TPSA) is 173 Å². The molecule has 12 nitrogen and oxygen atoms in total. The summed E-state index contributed by atoms with van der Waals surface area (Å²) in [6.07, 6.45) is 0.417. The molecule has 4 amide bonds. The van der Waals surface area contributed by atoms with Crippen molar-refractivity contribution in [1.82, 2.24) is 21.3 Å². The van der Waals surface area contributed by atoms with Gasteiger partial charge >= 0.3 is 12.2 Å². The lowest BCUT2D eigenvalue weighted by atomic mass is 9.89. The van der Waals surface area contributed by atoms with Gasteiger partial charge in [-0.2, -0.15) is 0 Å². The Balaban J connectivity index is 2.42. The van der Waals surface area contributed by atoms with Gasteiger partial charge in [0.1, 0.15) is 12.1 Å². The van der Waals surface area contributed by atoms with Gasteiger partial charge in [-0.1, -0.05) is 32.1 Å². The van der Waals surface area contributed by atoms with Gasteiger partial charge in [0, 0.05) is 29.6 Å². The molecule has 4 unspecified atom stereocenters. The summed E-state index contributed by atoms with van der Waals surface area (Å²) in [6, 6.07) is 3.89. The van der Waals surface area contributed by atoms with E-state index in [-0.39, 0.29) is 30.2 Å². The highest BCUT2D eigenvalue weighted by atomic mass is 79.9. The van der Waals surface area contributed by atoms with Crippen LogP contribution in [0.3, 0.4) is 0 Å². The highest BCUT2D eigenvalue weighted by Gasteiger charge is 2.41. The molecule has 0 aliphatic heterocycles. The second-order valence-corrected chi connectivity index (χ2v) is 10.9. The van der Waals surface area contributed by atoms with Crippen LogP contribution in [0.25, 0.3) is 0 Å². The van der Waals surface area contributed by atoms with Crippen LogP contribution in [0.1, 0.15) is 38.7 Å². The third kappa shape index (κ3) is 10.5. The van der Waals surface area contributed by atoms with E-state index >= 15 is 0 Å². The zero-order valence-corrected chi connectivity index (χ0v) is 26.1. The average Bonchev–Trinajstić information content (AvgIpc) is 2.92. The number of amides is 4. The summed E-state index contributed by atoms with van der Waals surface area (Å²) >= 11 is 9.10. The van der Waals surface area contributed by atoms with Gasteiger partial charge < -0.3 is 41.8 Å². The van der Waals surface area contributed by atoms with Crippen molar-refractivity contribution in [3.05, 3.63) is 65.2 Å². The molecule has 0 bridgehead atoms. The van der Waals surface area contributed by atoms with Crippen LogP contribution in [0.2, 0.25) is 0 Å². The Morgan fingerprint density at radius 1 is 1.10 bits per heavy atom. The molecule has 1 aliphatic carbocycles. The molecule has 0 fully saturated rings. The molecule has 14 heteroatoms. The average molecular weight is 666 g/mol. The Morgan fingerprint density at radius 2 is 1.71 bits per heavy atom. The van der Waals surface area contributed by atoms with Crippen molar-refractivity contribution >= 4 is 62.9 Å². The molecule has 0 heterocycles. The number of anilines is 1. The lowest BCUT2D eigenvalue weighted by molar-refractivity contribution is -0.125. The minimum Gasteiger partial charge on any atom is -0.442 e. The Labute approximate surface area is 259 Å². The number of nitrogens with two attached hydrogens (primary N) is 1. The standard InChI is InChI=1S/C28H37BrN6O6S/c1-6-10-31-27(38)40-22-14-18(25(37)33-16(5)24(30)36)13-21(23(22)41-28(39)32-11-7-2)35-26(42)34-20-9-8-17(15(3)4)12-19(20)29/h6-9,12-13,15-16,21-23H,1-2,10-11,14H2,3-5H3,(H2,30,36)(H,31,38)(H,32,39)(H,33,37)(H2,34,35,42). The van der Waals surface area contributed by atoms with Crippen LogP contribution in [0.15, 0.2) is 59.6 Å². The van der Waals surface area contributed by atoms with Crippen LogP contribution in [0.4, 0.5) is 15.3 Å². The van der Waals surface area contributed by atoms with Gasteiger partial charge in [0.2, 0.25) is 11.8 Å². The summed E-state index contributed by atoms with van der Waals surface area (Å²) in [4.78, 5) is 49.7. The molecule has 7 N–H and O–H groups in total. The molecule has 0 spiro atoms. The maximum atomic E-state index is 13.1. The first kappa shape index (κ1) is 34.3. The molecule has 2 rings (SSSR count). The minimum absolute atomic E-state index is 0.121.